The number of nitrogens with zero attached hydrogens (tertiary/aromatic N) is 2. The first-order valence-corrected chi connectivity index (χ1v) is 6.58. The fourth-order valence-electron chi connectivity index (χ4n) is 1.76. The van der Waals surface area contributed by atoms with E-state index in [1.165, 1.54) is 0 Å². The van der Waals surface area contributed by atoms with E-state index < -0.39 is 0 Å². The second-order valence-corrected chi connectivity index (χ2v) is 5.22. The van der Waals surface area contributed by atoms with Crippen LogP contribution in [0, 0.1) is 6.92 Å². The molecule has 100 valence electrons. The van der Waals surface area contributed by atoms with Gasteiger partial charge in [-0.15, -0.1) is 0 Å². The number of imidazole rings is 1. The van der Waals surface area contributed by atoms with E-state index in [2.05, 4.69) is 26.2 Å². The van der Waals surface area contributed by atoms with Crippen LogP contribution in [-0.4, -0.2) is 15.5 Å². The van der Waals surface area contributed by atoms with E-state index in [4.69, 9.17) is 5.73 Å². The first-order chi connectivity index (χ1) is 8.99. The van der Waals surface area contributed by atoms with Gasteiger partial charge in [-0.2, -0.15) is 0 Å². The minimum atomic E-state index is -0.159. The Kier molecular flexibility index (Phi) is 3.90. The molecule has 0 saturated heterocycles. The monoisotopic (exact) mass is 322 g/mol. The molecule has 0 aliphatic carbocycles. The van der Waals surface area contributed by atoms with Crippen LogP contribution in [0.1, 0.15) is 21.7 Å². The number of benzene rings is 1. The van der Waals surface area contributed by atoms with Gasteiger partial charge in [0.1, 0.15) is 5.82 Å². The maximum Gasteiger partial charge on any atom is 0.252 e. The number of amides is 1. The Bertz CT molecular complexity index is 621. The van der Waals surface area contributed by atoms with Crippen molar-refractivity contribution >= 4 is 27.5 Å². The summed E-state index contributed by atoms with van der Waals surface area (Å²) in [5, 5.41) is 2.84. The largest absolute Gasteiger partial charge is 0.398 e. The number of anilines is 1. The molecule has 1 amide bonds. The molecule has 0 atom stereocenters. The number of nitrogens with two attached hydrogens (primary N) is 1. The predicted octanol–water partition coefficient (Wildman–Crippen LogP) is 2.00. The summed E-state index contributed by atoms with van der Waals surface area (Å²) in [4.78, 5) is 16.3. The summed E-state index contributed by atoms with van der Waals surface area (Å²) in [6.07, 6.45) is 3.54. The van der Waals surface area contributed by atoms with Crippen molar-refractivity contribution in [3.05, 3.63) is 46.0 Å². The summed E-state index contributed by atoms with van der Waals surface area (Å²) in [6, 6.07) is 3.55. The van der Waals surface area contributed by atoms with Crippen molar-refractivity contribution in [2.75, 3.05) is 5.73 Å². The van der Waals surface area contributed by atoms with E-state index in [9.17, 15) is 4.79 Å². The third kappa shape index (κ3) is 2.96. The molecular weight excluding hydrogens is 308 g/mol. The zero-order valence-electron chi connectivity index (χ0n) is 10.8. The van der Waals surface area contributed by atoms with E-state index in [0.29, 0.717) is 17.8 Å². The molecule has 2 rings (SSSR count). The number of aromatic nitrogens is 2. The van der Waals surface area contributed by atoms with Crippen LogP contribution in [0.2, 0.25) is 0 Å². The van der Waals surface area contributed by atoms with Crippen LogP contribution in [0.4, 0.5) is 5.69 Å². The van der Waals surface area contributed by atoms with Crippen LogP contribution in [-0.2, 0) is 13.6 Å². The Labute approximate surface area is 120 Å². The molecule has 0 unspecified atom stereocenters. The maximum atomic E-state index is 12.2. The second-order valence-electron chi connectivity index (χ2n) is 4.30. The van der Waals surface area contributed by atoms with Gasteiger partial charge in [-0.05, 0) is 24.6 Å². The molecule has 6 heteroatoms. The number of nitrogen functional groups attached to an aromatic ring is 1. The first kappa shape index (κ1) is 13.6. The zero-order chi connectivity index (χ0) is 14.0. The average molecular weight is 323 g/mol. The Balaban J connectivity index is 2.15. The standard InChI is InChI=1S/C13H15BrN4O/c1-8-10(5-9(14)6-11(8)15)13(19)17-7-12-16-3-4-18(12)2/h3-6H,7,15H2,1-2H3,(H,17,19). The Morgan fingerprint density at radius 2 is 2.26 bits per heavy atom. The zero-order valence-corrected chi connectivity index (χ0v) is 12.4. The van der Waals surface area contributed by atoms with Crippen molar-refractivity contribution in [1.82, 2.24) is 14.9 Å². The number of hydrogen-bond donors (Lipinski definition) is 2. The van der Waals surface area contributed by atoms with Crippen LogP contribution in [0.15, 0.2) is 29.0 Å². The minimum Gasteiger partial charge on any atom is -0.398 e. The number of halogens is 1. The minimum absolute atomic E-state index is 0.159. The maximum absolute atomic E-state index is 12.2. The second kappa shape index (κ2) is 5.44. The lowest BCUT2D eigenvalue weighted by Gasteiger charge is -2.10. The van der Waals surface area contributed by atoms with Crippen molar-refractivity contribution in [3.63, 3.8) is 0 Å². The van der Waals surface area contributed by atoms with Crippen LogP contribution in [0.5, 0.6) is 0 Å². The average Bonchev–Trinajstić information content (AvgIpc) is 2.76. The van der Waals surface area contributed by atoms with Gasteiger partial charge >= 0.3 is 0 Å². The highest BCUT2D eigenvalue weighted by atomic mass is 79.9. The lowest BCUT2D eigenvalue weighted by molar-refractivity contribution is 0.0949. The third-order valence-corrected chi connectivity index (χ3v) is 3.44. The Morgan fingerprint density at radius 1 is 1.53 bits per heavy atom. The summed E-state index contributed by atoms with van der Waals surface area (Å²) in [5.74, 6) is 0.641. The van der Waals surface area contributed by atoms with Gasteiger partial charge in [0.15, 0.2) is 0 Å². The van der Waals surface area contributed by atoms with Crippen LogP contribution in [0.25, 0.3) is 0 Å². The predicted molar refractivity (Wildman–Crippen MR) is 77.7 cm³/mol. The van der Waals surface area contributed by atoms with E-state index in [1.54, 1.807) is 18.3 Å². The molecule has 0 saturated carbocycles. The van der Waals surface area contributed by atoms with E-state index in [0.717, 1.165) is 15.9 Å². The van der Waals surface area contributed by atoms with Gasteiger partial charge in [0.2, 0.25) is 0 Å². The molecule has 19 heavy (non-hydrogen) atoms. The number of rotatable bonds is 3. The van der Waals surface area contributed by atoms with E-state index in [1.807, 2.05) is 24.7 Å². The van der Waals surface area contributed by atoms with Crippen molar-refractivity contribution in [3.8, 4) is 0 Å². The molecule has 1 aromatic carbocycles. The highest BCUT2D eigenvalue weighted by Crippen LogP contribution is 2.22. The number of hydrogen-bond acceptors (Lipinski definition) is 3. The van der Waals surface area contributed by atoms with Crippen LogP contribution in [0.3, 0.4) is 0 Å². The Hall–Kier alpha value is -1.82. The fourth-order valence-corrected chi connectivity index (χ4v) is 2.23. The summed E-state index contributed by atoms with van der Waals surface area (Å²) in [5.41, 5.74) is 7.79. The van der Waals surface area contributed by atoms with Crippen LogP contribution >= 0.6 is 15.9 Å². The van der Waals surface area contributed by atoms with Crippen molar-refractivity contribution < 1.29 is 4.79 Å². The molecule has 0 radical (unpaired) electrons. The molecule has 0 fully saturated rings. The van der Waals surface area contributed by atoms with Gasteiger partial charge in [-0.3, -0.25) is 4.79 Å². The SMILES string of the molecule is Cc1c(N)cc(Br)cc1C(=O)NCc1nccn1C. The molecule has 1 heterocycles. The van der Waals surface area contributed by atoms with Gasteiger partial charge in [-0.1, -0.05) is 15.9 Å². The van der Waals surface area contributed by atoms with Crippen molar-refractivity contribution in [2.45, 2.75) is 13.5 Å². The number of carbonyl (C=O) groups excluding carboxylic acids is 1. The van der Waals surface area contributed by atoms with E-state index in [-0.39, 0.29) is 5.91 Å². The molecule has 0 bridgehead atoms. The van der Waals surface area contributed by atoms with Gasteiger partial charge in [0.05, 0.1) is 6.54 Å². The first-order valence-electron chi connectivity index (χ1n) is 5.79. The van der Waals surface area contributed by atoms with Crippen molar-refractivity contribution in [1.29, 1.82) is 0 Å². The quantitative estimate of drug-likeness (QED) is 0.849. The molecular formula is C13H15BrN4O. The highest BCUT2D eigenvalue weighted by molar-refractivity contribution is 9.10. The Morgan fingerprint density at radius 3 is 2.89 bits per heavy atom. The number of aryl methyl sites for hydroxylation is 1. The summed E-state index contributed by atoms with van der Waals surface area (Å²) < 4.78 is 2.65. The van der Waals surface area contributed by atoms with E-state index >= 15 is 0 Å². The third-order valence-electron chi connectivity index (χ3n) is 2.99. The normalized spacial score (nSPS) is 10.5. The van der Waals surface area contributed by atoms with Gasteiger partial charge < -0.3 is 15.6 Å². The van der Waals surface area contributed by atoms with Gasteiger partial charge in [0.25, 0.3) is 5.91 Å². The lowest BCUT2D eigenvalue weighted by atomic mass is 10.1. The fraction of sp³-hybridized carbons (Fsp3) is 0.231. The number of nitrogens with one attached hydrogen (secondary N) is 1. The molecule has 5 nitrogen and oxygen atoms in total. The molecule has 0 aliphatic heterocycles. The molecule has 3 N–H and O–H groups in total. The highest BCUT2D eigenvalue weighted by Gasteiger charge is 2.12. The van der Waals surface area contributed by atoms with Crippen molar-refractivity contribution in [2.24, 2.45) is 7.05 Å². The summed E-state index contributed by atoms with van der Waals surface area (Å²) in [6.45, 7) is 2.21. The smallest absolute Gasteiger partial charge is 0.252 e. The summed E-state index contributed by atoms with van der Waals surface area (Å²) in [7, 11) is 1.89. The molecule has 2 aromatic rings. The summed E-state index contributed by atoms with van der Waals surface area (Å²) >= 11 is 3.34. The van der Waals surface area contributed by atoms with Crippen LogP contribution < -0.4 is 11.1 Å². The lowest BCUT2D eigenvalue weighted by Crippen LogP contribution is -2.25. The topological polar surface area (TPSA) is 72.9 Å². The van der Waals surface area contributed by atoms with Gasteiger partial charge in [0, 0.05) is 35.2 Å². The molecule has 1 aromatic heterocycles. The molecule has 0 spiro atoms. The molecule has 0 aliphatic rings. The van der Waals surface area contributed by atoms with Gasteiger partial charge in [-0.25, -0.2) is 4.98 Å². The number of carbonyl (C=O) groups is 1.